The van der Waals surface area contributed by atoms with Gasteiger partial charge in [0.05, 0.1) is 18.7 Å². The lowest BCUT2D eigenvalue weighted by Gasteiger charge is -2.26. The lowest BCUT2D eigenvalue weighted by molar-refractivity contribution is -0.139. The molecule has 0 aromatic heterocycles. The second-order valence-corrected chi connectivity index (χ2v) is 7.87. The highest BCUT2D eigenvalue weighted by molar-refractivity contribution is 6.46. The Kier molecular flexibility index (Phi) is 6.80. The number of Topliss-reactive ketones (excluding diaryl/α,β-unsaturated/α-hetero) is 1. The molecule has 0 bridgehead atoms. The van der Waals surface area contributed by atoms with Crippen LogP contribution in [0.5, 0.6) is 5.75 Å². The van der Waals surface area contributed by atoms with Crippen molar-refractivity contribution in [2.24, 2.45) is 0 Å². The molecule has 1 aliphatic heterocycles. The Bertz CT molecular complexity index is 987. The minimum absolute atomic E-state index is 0.0559. The largest absolute Gasteiger partial charge is 0.507 e. The van der Waals surface area contributed by atoms with Crippen molar-refractivity contribution in [1.29, 1.82) is 0 Å². The molecule has 1 unspecified atom stereocenters. The van der Waals surface area contributed by atoms with Gasteiger partial charge in [0.25, 0.3) is 11.7 Å². The summed E-state index contributed by atoms with van der Waals surface area (Å²) in [6, 6.07) is 13.1. The molecule has 2 aromatic rings. The Morgan fingerprint density at radius 3 is 2.57 bits per heavy atom. The molecule has 2 aromatic carbocycles. The monoisotopic (exact) mass is 428 g/mol. The Morgan fingerprint density at radius 1 is 1.17 bits per heavy atom. The van der Waals surface area contributed by atoms with E-state index in [2.05, 4.69) is 0 Å². The third-order valence-electron chi connectivity index (χ3n) is 5.05. The van der Waals surface area contributed by atoms with Gasteiger partial charge >= 0.3 is 0 Å². The molecule has 1 fully saturated rings. The van der Waals surface area contributed by atoms with Crippen molar-refractivity contribution in [2.45, 2.75) is 12.5 Å². The Hall–Kier alpha value is -2.83. The summed E-state index contributed by atoms with van der Waals surface area (Å²) in [5, 5.41) is 11.5. The van der Waals surface area contributed by atoms with Gasteiger partial charge in [0.2, 0.25) is 0 Å². The topological polar surface area (TPSA) is 70.1 Å². The summed E-state index contributed by atoms with van der Waals surface area (Å²) in [7, 11) is 5.42. The second-order valence-electron chi connectivity index (χ2n) is 7.44. The molecule has 0 radical (unpaired) electrons. The SMILES string of the molecule is COc1cccc(C(O)=C2C(=O)C(=O)N(CCCN(C)C)C2c2cccc(Cl)c2)c1. The molecule has 1 N–H and O–H groups in total. The van der Waals surface area contributed by atoms with Gasteiger partial charge in [0.15, 0.2) is 0 Å². The molecule has 6 nitrogen and oxygen atoms in total. The minimum atomic E-state index is -0.711. The van der Waals surface area contributed by atoms with E-state index in [0.29, 0.717) is 34.9 Å². The number of rotatable bonds is 7. The maximum absolute atomic E-state index is 13.0. The van der Waals surface area contributed by atoms with Crippen LogP contribution in [0.3, 0.4) is 0 Å². The molecule has 1 heterocycles. The number of halogens is 1. The number of carbonyl (C=O) groups is 2. The van der Waals surface area contributed by atoms with Crippen molar-refractivity contribution < 1.29 is 19.4 Å². The van der Waals surface area contributed by atoms with E-state index < -0.39 is 17.7 Å². The predicted octanol–water partition coefficient (Wildman–Crippen LogP) is 3.72. The summed E-state index contributed by atoms with van der Waals surface area (Å²) in [6.45, 7) is 1.15. The average molecular weight is 429 g/mol. The van der Waals surface area contributed by atoms with Gasteiger partial charge in [-0.15, -0.1) is 0 Å². The normalized spacial score (nSPS) is 18.3. The van der Waals surface area contributed by atoms with Crippen LogP contribution in [0.15, 0.2) is 54.1 Å². The molecule has 7 heteroatoms. The highest BCUT2D eigenvalue weighted by Gasteiger charge is 2.45. The van der Waals surface area contributed by atoms with Crippen LogP contribution < -0.4 is 4.74 Å². The quantitative estimate of drug-likeness (QED) is 0.413. The molecule has 1 saturated heterocycles. The number of amides is 1. The molecule has 3 rings (SSSR count). The van der Waals surface area contributed by atoms with Crippen LogP contribution in [0, 0.1) is 0 Å². The van der Waals surface area contributed by atoms with Crippen LogP contribution in [-0.4, -0.2) is 60.9 Å². The lowest BCUT2D eigenvalue weighted by Crippen LogP contribution is -2.32. The molecule has 0 aliphatic carbocycles. The van der Waals surface area contributed by atoms with E-state index in [-0.39, 0.29) is 11.3 Å². The van der Waals surface area contributed by atoms with Gasteiger partial charge in [-0.3, -0.25) is 9.59 Å². The third kappa shape index (κ3) is 4.50. The van der Waals surface area contributed by atoms with Gasteiger partial charge in [-0.2, -0.15) is 0 Å². The van der Waals surface area contributed by atoms with E-state index in [1.165, 1.54) is 12.0 Å². The summed E-state index contributed by atoms with van der Waals surface area (Å²) in [6.07, 6.45) is 0.691. The van der Waals surface area contributed by atoms with Gasteiger partial charge in [-0.05, 0) is 56.9 Å². The zero-order valence-electron chi connectivity index (χ0n) is 17.3. The minimum Gasteiger partial charge on any atom is -0.507 e. The van der Waals surface area contributed by atoms with Crippen LogP contribution in [0.25, 0.3) is 5.76 Å². The summed E-state index contributed by atoms with van der Waals surface area (Å²) in [5.74, 6) is -1.01. The van der Waals surface area contributed by atoms with Gasteiger partial charge < -0.3 is 19.6 Å². The van der Waals surface area contributed by atoms with Gasteiger partial charge in [0, 0.05) is 17.1 Å². The van der Waals surface area contributed by atoms with Crippen molar-refractivity contribution in [3.05, 3.63) is 70.3 Å². The number of aliphatic hydroxyl groups excluding tert-OH is 1. The predicted molar refractivity (Wildman–Crippen MR) is 117 cm³/mol. The van der Waals surface area contributed by atoms with E-state index in [1.807, 2.05) is 19.0 Å². The van der Waals surface area contributed by atoms with Crippen LogP contribution in [0.4, 0.5) is 0 Å². The molecule has 1 aliphatic rings. The fourth-order valence-corrected chi connectivity index (χ4v) is 3.82. The van der Waals surface area contributed by atoms with Crippen LogP contribution >= 0.6 is 11.6 Å². The first kappa shape index (κ1) is 21.9. The Balaban J connectivity index is 2.11. The molecular weight excluding hydrogens is 404 g/mol. The maximum atomic E-state index is 13.0. The maximum Gasteiger partial charge on any atom is 0.295 e. The Morgan fingerprint density at radius 2 is 1.90 bits per heavy atom. The third-order valence-corrected chi connectivity index (χ3v) is 5.29. The number of likely N-dealkylation sites (tertiary alicyclic amines) is 1. The van der Waals surface area contributed by atoms with Crippen LogP contribution in [0.2, 0.25) is 5.02 Å². The first-order valence-electron chi connectivity index (χ1n) is 9.66. The molecule has 1 atom stereocenters. The first-order valence-corrected chi connectivity index (χ1v) is 10.0. The van der Waals surface area contributed by atoms with E-state index in [4.69, 9.17) is 16.3 Å². The molecular formula is C23H25ClN2O4. The van der Waals surface area contributed by atoms with E-state index in [0.717, 1.165) is 6.54 Å². The summed E-state index contributed by atoms with van der Waals surface area (Å²) in [5.41, 5.74) is 1.14. The van der Waals surface area contributed by atoms with Gasteiger partial charge in [0.1, 0.15) is 11.5 Å². The van der Waals surface area contributed by atoms with E-state index >= 15 is 0 Å². The number of hydrogen-bond donors (Lipinski definition) is 1. The zero-order chi connectivity index (χ0) is 21.8. The van der Waals surface area contributed by atoms with E-state index in [1.54, 1.807) is 48.5 Å². The molecule has 158 valence electrons. The van der Waals surface area contributed by atoms with E-state index in [9.17, 15) is 14.7 Å². The van der Waals surface area contributed by atoms with Crippen LogP contribution in [0.1, 0.15) is 23.6 Å². The number of hydrogen-bond acceptors (Lipinski definition) is 5. The number of ketones is 1. The summed E-state index contributed by atoms with van der Waals surface area (Å²) in [4.78, 5) is 29.4. The van der Waals surface area contributed by atoms with Crippen molar-refractivity contribution in [3.8, 4) is 5.75 Å². The first-order chi connectivity index (χ1) is 14.3. The van der Waals surface area contributed by atoms with Crippen molar-refractivity contribution >= 4 is 29.1 Å². The number of ether oxygens (including phenoxy) is 1. The number of aliphatic hydroxyl groups is 1. The van der Waals surface area contributed by atoms with Gasteiger partial charge in [-0.25, -0.2) is 0 Å². The fourth-order valence-electron chi connectivity index (χ4n) is 3.62. The highest BCUT2D eigenvalue weighted by Crippen LogP contribution is 2.40. The molecule has 30 heavy (non-hydrogen) atoms. The smallest absolute Gasteiger partial charge is 0.295 e. The van der Waals surface area contributed by atoms with Crippen molar-refractivity contribution in [1.82, 2.24) is 9.80 Å². The highest BCUT2D eigenvalue weighted by atomic mass is 35.5. The lowest BCUT2D eigenvalue weighted by atomic mass is 9.95. The number of methoxy groups -OCH3 is 1. The fraction of sp³-hybridized carbons (Fsp3) is 0.304. The summed E-state index contributed by atoms with van der Waals surface area (Å²) < 4.78 is 5.22. The van der Waals surface area contributed by atoms with Crippen LogP contribution in [-0.2, 0) is 9.59 Å². The molecule has 0 spiro atoms. The van der Waals surface area contributed by atoms with Crippen molar-refractivity contribution in [3.63, 3.8) is 0 Å². The number of nitrogens with zero attached hydrogens (tertiary/aromatic N) is 2. The Labute approximate surface area is 181 Å². The number of carbonyl (C=O) groups excluding carboxylic acids is 2. The molecule has 1 amide bonds. The van der Waals surface area contributed by atoms with Crippen molar-refractivity contribution in [2.75, 3.05) is 34.3 Å². The van der Waals surface area contributed by atoms with Gasteiger partial charge in [-0.1, -0.05) is 35.9 Å². The zero-order valence-corrected chi connectivity index (χ0v) is 18.0. The standard InChI is InChI=1S/C23H25ClN2O4/c1-25(2)11-6-12-26-20(15-7-4-9-17(24)13-15)19(22(28)23(26)29)21(27)16-8-5-10-18(14-16)30-3/h4-5,7-10,13-14,20,27H,6,11-12H2,1-3H3. The molecule has 0 saturated carbocycles. The number of benzene rings is 2. The average Bonchev–Trinajstić information content (AvgIpc) is 2.98. The summed E-state index contributed by atoms with van der Waals surface area (Å²) >= 11 is 6.18. The second kappa shape index (κ2) is 9.32.